The molecule has 4 aromatic carbocycles. The summed E-state index contributed by atoms with van der Waals surface area (Å²) in [6, 6.07) is 40.4. The summed E-state index contributed by atoms with van der Waals surface area (Å²) in [6.45, 7) is 9.12. The molecule has 41 heavy (non-hydrogen) atoms. The van der Waals surface area contributed by atoms with Crippen LogP contribution >= 0.6 is 0 Å². The van der Waals surface area contributed by atoms with Crippen molar-refractivity contribution in [2.75, 3.05) is 7.11 Å². The summed E-state index contributed by atoms with van der Waals surface area (Å²) < 4.78 is 13.5. The molecule has 0 unspecified atom stereocenters. The van der Waals surface area contributed by atoms with Crippen molar-refractivity contribution >= 4 is 30.2 Å². The Kier molecular flexibility index (Phi) is 6.87. The van der Waals surface area contributed by atoms with Crippen molar-refractivity contribution in [3.05, 3.63) is 138 Å². The van der Waals surface area contributed by atoms with E-state index < -0.39 is 13.7 Å². The Morgan fingerprint density at radius 1 is 0.780 bits per heavy atom. The van der Waals surface area contributed by atoms with Crippen molar-refractivity contribution < 1.29 is 14.0 Å². The minimum atomic E-state index is -2.93. The number of hydrogen-bond donors (Lipinski definition) is 0. The Bertz CT molecular complexity index is 1550. The molecule has 4 heteroatoms. The average Bonchev–Trinajstić information content (AvgIpc) is 3.46. The summed E-state index contributed by atoms with van der Waals surface area (Å²) in [5.41, 5.74) is 4.88. The molecular formula is C37H38O3Si. The third kappa shape index (κ3) is 4.07. The molecule has 6 rings (SSSR count). The fourth-order valence-corrected chi connectivity index (χ4v) is 12.3. The quantitative estimate of drug-likeness (QED) is 0.185. The van der Waals surface area contributed by atoms with Gasteiger partial charge in [0, 0.05) is 5.92 Å². The third-order valence-corrected chi connectivity index (χ3v) is 14.4. The van der Waals surface area contributed by atoms with Crippen LogP contribution < -0.4 is 10.4 Å². The summed E-state index contributed by atoms with van der Waals surface area (Å²) in [7, 11) is -1.41. The Balaban J connectivity index is 1.63. The van der Waals surface area contributed by atoms with E-state index in [2.05, 4.69) is 131 Å². The zero-order valence-corrected chi connectivity index (χ0v) is 25.6. The number of ether oxygens (including phenoxy) is 1. The minimum absolute atomic E-state index is 0.177. The van der Waals surface area contributed by atoms with Gasteiger partial charge in [-0.05, 0) is 51.0 Å². The van der Waals surface area contributed by atoms with Crippen LogP contribution in [-0.2, 0) is 19.4 Å². The molecule has 0 aliphatic heterocycles. The molecule has 208 valence electrons. The van der Waals surface area contributed by atoms with Gasteiger partial charge in [-0.2, -0.15) is 0 Å². The molecular weight excluding hydrogens is 520 g/mol. The molecule has 0 bridgehead atoms. The van der Waals surface area contributed by atoms with Gasteiger partial charge in [-0.15, -0.1) is 0 Å². The molecule has 3 atom stereocenters. The van der Waals surface area contributed by atoms with E-state index >= 15 is 0 Å². The highest BCUT2D eigenvalue weighted by Gasteiger charge is 2.64. The molecule has 0 N–H and O–H groups in total. The van der Waals surface area contributed by atoms with E-state index in [-0.39, 0.29) is 23.0 Å². The first kappa shape index (κ1) is 27.4. The highest BCUT2D eigenvalue weighted by Crippen LogP contribution is 2.64. The first-order chi connectivity index (χ1) is 19.8. The predicted octanol–water partition coefficient (Wildman–Crippen LogP) is 7.22. The van der Waals surface area contributed by atoms with E-state index in [9.17, 15) is 4.79 Å². The predicted molar refractivity (Wildman–Crippen MR) is 169 cm³/mol. The molecule has 4 aromatic rings. The Morgan fingerprint density at radius 2 is 1.29 bits per heavy atom. The fourth-order valence-electron chi connectivity index (χ4n) is 7.64. The maximum atomic E-state index is 14.1. The van der Waals surface area contributed by atoms with Gasteiger partial charge in [-0.25, -0.2) is 0 Å². The SMILES string of the molecule is COC(=O)[C@@]12CC(c3ccccc3)=C(C)[C@@H]1[C@@H](O[Si](c1ccccc1)(c1ccccc1)C(C)(C)C)c1ccccc12. The van der Waals surface area contributed by atoms with Crippen LogP contribution in [-0.4, -0.2) is 21.4 Å². The first-order valence-electron chi connectivity index (χ1n) is 14.5. The molecule has 0 radical (unpaired) electrons. The van der Waals surface area contributed by atoms with Crippen LogP contribution in [0.25, 0.3) is 5.57 Å². The van der Waals surface area contributed by atoms with Crippen molar-refractivity contribution in [2.45, 2.75) is 50.7 Å². The molecule has 0 heterocycles. The van der Waals surface area contributed by atoms with Crippen LogP contribution in [0.2, 0.25) is 5.04 Å². The van der Waals surface area contributed by atoms with E-state index in [0.29, 0.717) is 6.42 Å². The number of esters is 1. The van der Waals surface area contributed by atoms with Crippen LogP contribution in [0.4, 0.5) is 0 Å². The zero-order chi connectivity index (χ0) is 28.8. The van der Waals surface area contributed by atoms with Crippen molar-refractivity contribution in [3.63, 3.8) is 0 Å². The lowest BCUT2D eigenvalue weighted by Crippen LogP contribution is -2.67. The summed E-state index contributed by atoms with van der Waals surface area (Å²) in [5, 5.41) is 2.27. The number of benzene rings is 4. The molecule has 2 aliphatic carbocycles. The summed E-state index contributed by atoms with van der Waals surface area (Å²) in [4.78, 5) is 14.1. The molecule has 0 saturated carbocycles. The van der Waals surface area contributed by atoms with Gasteiger partial charge in [-0.3, -0.25) is 4.79 Å². The molecule has 0 fully saturated rings. The smallest absolute Gasteiger partial charge is 0.317 e. The number of carbonyl (C=O) groups is 1. The minimum Gasteiger partial charge on any atom is -0.468 e. The number of fused-ring (bicyclic) bond motifs is 3. The maximum Gasteiger partial charge on any atom is 0.317 e. The Hall–Kier alpha value is -3.73. The lowest BCUT2D eigenvalue weighted by molar-refractivity contribution is -0.149. The standard InChI is InChI=1S/C37H38O3Si/c1-26-31(27-17-9-6-10-18-27)25-37(35(38)39-5)32-24-16-15-23-30(32)34(33(26)37)40-41(36(2,3)4,28-19-11-7-12-20-28)29-21-13-8-14-22-29/h6-24,33-34H,25H2,1-5H3/t33-,34+,37-/m1/s1. The highest BCUT2D eigenvalue weighted by molar-refractivity contribution is 6.99. The van der Waals surface area contributed by atoms with E-state index in [1.165, 1.54) is 28.6 Å². The van der Waals surface area contributed by atoms with Gasteiger partial charge in [0.05, 0.1) is 13.2 Å². The van der Waals surface area contributed by atoms with Gasteiger partial charge in [0.15, 0.2) is 0 Å². The molecule has 2 aliphatic rings. The number of allylic oxidation sites excluding steroid dienone is 1. The third-order valence-electron chi connectivity index (χ3n) is 9.37. The summed E-state index contributed by atoms with van der Waals surface area (Å²) in [5.74, 6) is -0.363. The first-order valence-corrected chi connectivity index (χ1v) is 16.4. The normalized spacial score (nSPS) is 21.9. The van der Waals surface area contributed by atoms with Gasteiger partial charge in [0.2, 0.25) is 0 Å². The van der Waals surface area contributed by atoms with Crippen LogP contribution in [0.15, 0.2) is 121 Å². The monoisotopic (exact) mass is 558 g/mol. The van der Waals surface area contributed by atoms with Gasteiger partial charge >= 0.3 is 5.97 Å². The number of rotatable bonds is 6. The van der Waals surface area contributed by atoms with E-state index in [1.807, 2.05) is 12.1 Å². The molecule has 0 saturated heterocycles. The van der Waals surface area contributed by atoms with Crippen molar-refractivity contribution in [1.29, 1.82) is 0 Å². The van der Waals surface area contributed by atoms with Crippen molar-refractivity contribution in [1.82, 2.24) is 0 Å². The van der Waals surface area contributed by atoms with Gasteiger partial charge in [0.25, 0.3) is 8.32 Å². The van der Waals surface area contributed by atoms with Gasteiger partial charge in [-0.1, -0.05) is 142 Å². The number of hydrogen-bond acceptors (Lipinski definition) is 3. The van der Waals surface area contributed by atoms with Crippen molar-refractivity contribution in [3.8, 4) is 0 Å². The average molecular weight is 559 g/mol. The molecule has 0 amide bonds. The zero-order valence-electron chi connectivity index (χ0n) is 24.6. The van der Waals surface area contributed by atoms with Crippen molar-refractivity contribution in [2.24, 2.45) is 5.92 Å². The van der Waals surface area contributed by atoms with E-state index in [0.717, 1.165) is 16.7 Å². The molecule has 3 nitrogen and oxygen atoms in total. The van der Waals surface area contributed by atoms with E-state index in [1.54, 1.807) is 0 Å². The number of methoxy groups -OCH3 is 1. The van der Waals surface area contributed by atoms with Gasteiger partial charge < -0.3 is 9.16 Å². The second-order valence-electron chi connectivity index (χ2n) is 12.4. The highest BCUT2D eigenvalue weighted by atomic mass is 28.4. The Labute approximate surface area is 245 Å². The van der Waals surface area contributed by atoms with Crippen LogP contribution in [0.3, 0.4) is 0 Å². The summed E-state index contributed by atoms with van der Waals surface area (Å²) in [6.07, 6.45) is 0.287. The van der Waals surface area contributed by atoms with Crippen LogP contribution in [0, 0.1) is 5.92 Å². The molecule has 0 spiro atoms. The van der Waals surface area contributed by atoms with Gasteiger partial charge in [0.1, 0.15) is 5.41 Å². The number of carbonyl (C=O) groups excluding carboxylic acids is 1. The van der Waals surface area contributed by atoms with Crippen LogP contribution in [0.1, 0.15) is 56.9 Å². The lowest BCUT2D eigenvalue weighted by atomic mass is 9.74. The van der Waals surface area contributed by atoms with E-state index in [4.69, 9.17) is 9.16 Å². The second kappa shape index (κ2) is 10.3. The summed E-state index contributed by atoms with van der Waals surface area (Å²) >= 11 is 0. The van der Waals surface area contributed by atoms with Crippen LogP contribution in [0.5, 0.6) is 0 Å². The topological polar surface area (TPSA) is 35.5 Å². The largest absolute Gasteiger partial charge is 0.468 e. The Morgan fingerprint density at radius 3 is 1.83 bits per heavy atom. The molecule has 0 aromatic heterocycles. The fraction of sp³-hybridized carbons (Fsp3) is 0.270. The lowest BCUT2D eigenvalue weighted by Gasteiger charge is -2.46. The maximum absolute atomic E-state index is 14.1. The second-order valence-corrected chi connectivity index (χ2v) is 16.7.